The lowest BCUT2D eigenvalue weighted by Gasteiger charge is -2.41. The Balaban J connectivity index is 2.51. The molecule has 1 aliphatic rings. The summed E-state index contributed by atoms with van der Waals surface area (Å²) in [6, 6.07) is 0. The van der Waals surface area contributed by atoms with Gasteiger partial charge in [-0.15, -0.1) is 0 Å². The summed E-state index contributed by atoms with van der Waals surface area (Å²) in [5.74, 6) is -1.94. The minimum absolute atomic E-state index is 0.230. The fourth-order valence-corrected chi connectivity index (χ4v) is 1.38. The molecule has 0 aromatic heterocycles. The third-order valence-electron chi connectivity index (χ3n) is 2.34. The largest absolute Gasteiger partial charge is 0.388 e. The minimum Gasteiger partial charge on any atom is -0.388 e. The molecule has 4 atom stereocenters. The van der Waals surface area contributed by atoms with Gasteiger partial charge in [0.15, 0.2) is 0 Å². The highest BCUT2D eigenvalue weighted by Gasteiger charge is 2.48. The van der Waals surface area contributed by atoms with Crippen LogP contribution in [0.2, 0.25) is 0 Å². The van der Waals surface area contributed by atoms with Crippen molar-refractivity contribution in [2.45, 2.75) is 37.4 Å². The van der Waals surface area contributed by atoms with Crippen LogP contribution in [0.1, 0.15) is 13.3 Å². The molecule has 0 aromatic rings. The van der Waals surface area contributed by atoms with E-state index in [2.05, 4.69) is 0 Å². The molecule has 0 spiro atoms. The van der Waals surface area contributed by atoms with Crippen LogP contribution in [-0.2, 0) is 9.47 Å². The van der Waals surface area contributed by atoms with Crippen molar-refractivity contribution < 1.29 is 29.9 Å². The van der Waals surface area contributed by atoms with E-state index in [-0.39, 0.29) is 13.2 Å². The molecule has 0 bridgehead atoms. The quantitative estimate of drug-likeness (QED) is 0.419. The minimum atomic E-state index is -1.94. The van der Waals surface area contributed by atoms with Crippen molar-refractivity contribution in [3.8, 4) is 0 Å². The SMILES string of the molecule is CCCOC[C@]1(O)OC[C@H](O)[C@@H](O)[C@@H]1O. The van der Waals surface area contributed by atoms with Gasteiger partial charge in [-0.2, -0.15) is 0 Å². The van der Waals surface area contributed by atoms with Crippen LogP contribution in [0, 0.1) is 0 Å². The van der Waals surface area contributed by atoms with E-state index in [1.54, 1.807) is 0 Å². The first-order chi connectivity index (χ1) is 7.01. The molecule has 1 saturated heterocycles. The maximum Gasteiger partial charge on any atom is 0.219 e. The van der Waals surface area contributed by atoms with Crippen molar-refractivity contribution in [2.75, 3.05) is 19.8 Å². The lowest BCUT2D eigenvalue weighted by Crippen LogP contribution is -2.62. The number of rotatable bonds is 4. The van der Waals surface area contributed by atoms with Crippen LogP contribution in [0.15, 0.2) is 0 Å². The van der Waals surface area contributed by atoms with Gasteiger partial charge in [-0.05, 0) is 6.42 Å². The Kier molecular flexibility index (Phi) is 4.45. The molecule has 0 unspecified atom stereocenters. The molecule has 0 amide bonds. The number of aliphatic hydroxyl groups is 4. The number of ether oxygens (including phenoxy) is 2. The molecule has 6 nitrogen and oxygen atoms in total. The first-order valence-electron chi connectivity index (χ1n) is 4.99. The Bertz CT molecular complexity index is 199. The molecule has 1 aliphatic heterocycles. The molecule has 0 aliphatic carbocycles. The lowest BCUT2D eigenvalue weighted by atomic mass is 9.97. The Morgan fingerprint density at radius 3 is 2.67 bits per heavy atom. The number of aliphatic hydroxyl groups excluding tert-OH is 3. The van der Waals surface area contributed by atoms with E-state index in [4.69, 9.17) is 14.6 Å². The highest BCUT2D eigenvalue weighted by Crippen LogP contribution is 2.24. The Morgan fingerprint density at radius 1 is 1.40 bits per heavy atom. The van der Waals surface area contributed by atoms with Gasteiger partial charge in [0.05, 0.1) is 6.61 Å². The summed E-state index contributed by atoms with van der Waals surface area (Å²) in [4.78, 5) is 0. The third kappa shape index (κ3) is 2.87. The fourth-order valence-electron chi connectivity index (χ4n) is 1.38. The molecular formula is C9H18O6. The number of hydrogen-bond acceptors (Lipinski definition) is 6. The Hall–Kier alpha value is -0.240. The van der Waals surface area contributed by atoms with E-state index in [1.807, 2.05) is 6.92 Å². The fraction of sp³-hybridized carbons (Fsp3) is 1.00. The van der Waals surface area contributed by atoms with Gasteiger partial charge >= 0.3 is 0 Å². The zero-order valence-corrected chi connectivity index (χ0v) is 8.67. The van der Waals surface area contributed by atoms with Crippen LogP contribution in [0.4, 0.5) is 0 Å². The molecule has 15 heavy (non-hydrogen) atoms. The van der Waals surface area contributed by atoms with Crippen LogP contribution < -0.4 is 0 Å². The topological polar surface area (TPSA) is 99.4 Å². The molecule has 1 heterocycles. The smallest absolute Gasteiger partial charge is 0.219 e. The van der Waals surface area contributed by atoms with Crippen LogP contribution in [0.25, 0.3) is 0 Å². The molecule has 0 aromatic carbocycles. The van der Waals surface area contributed by atoms with Crippen molar-refractivity contribution in [3.63, 3.8) is 0 Å². The molecule has 0 radical (unpaired) electrons. The summed E-state index contributed by atoms with van der Waals surface area (Å²) in [5.41, 5.74) is 0. The van der Waals surface area contributed by atoms with Crippen LogP contribution in [-0.4, -0.2) is 64.3 Å². The maximum atomic E-state index is 9.79. The van der Waals surface area contributed by atoms with E-state index in [1.165, 1.54) is 0 Å². The molecule has 0 saturated carbocycles. The average molecular weight is 222 g/mol. The highest BCUT2D eigenvalue weighted by atomic mass is 16.7. The van der Waals surface area contributed by atoms with Crippen LogP contribution in [0.3, 0.4) is 0 Å². The van der Waals surface area contributed by atoms with Crippen molar-refractivity contribution >= 4 is 0 Å². The summed E-state index contributed by atoms with van der Waals surface area (Å²) >= 11 is 0. The average Bonchev–Trinajstić information content (AvgIpc) is 2.22. The zero-order valence-electron chi connectivity index (χ0n) is 8.67. The van der Waals surface area contributed by atoms with Crippen molar-refractivity contribution in [1.82, 2.24) is 0 Å². The van der Waals surface area contributed by atoms with Crippen LogP contribution in [0.5, 0.6) is 0 Å². The summed E-state index contributed by atoms with van der Waals surface area (Å²) in [7, 11) is 0. The van der Waals surface area contributed by atoms with E-state index in [0.717, 1.165) is 6.42 Å². The first kappa shape index (κ1) is 12.8. The normalized spacial score (nSPS) is 41.8. The second-order valence-corrected chi connectivity index (χ2v) is 3.71. The van der Waals surface area contributed by atoms with Crippen LogP contribution >= 0.6 is 0 Å². The standard InChI is InChI=1S/C9H18O6/c1-2-3-14-5-9(13)8(12)7(11)6(10)4-15-9/h6-8,10-13H,2-5H2,1H3/t6-,7+,8-,9-/m0/s1. The predicted octanol–water partition coefficient (Wildman–Crippen LogP) is -1.79. The highest BCUT2D eigenvalue weighted by molar-refractivity contribution is 4.91. The molecule has 90 valence electrons. The van der Waals surface area contributed by atoms with Gasteiger partial charge in [0, 0.05) is 6.61 Å². The van der Waals surface area contributed by atoms with Gasteiger partial charge in [0.25, 0.3) is 0 Å². The first-order valence-corrected chi connectivity index (χ1v) is 4.99. The van der Waals surface area contributed by atoms with Crippen molar-refractivity contribution in [1.29, 1.82) is 0 Å². The molecular weight excluding hydrogens is 204 g/mol. The van der Waals surface area contributed by atoms with Crippen molar-refractivity contribution in [3.05, 3.63) is 0 Å². The number of hydrogen-bond donors (Lipinski definition) is 4. The molecule has 1 rings (SSSR count). The Morgan fingerprint density at radius 2 is 2.07 bits per heavy atom. The van der Waals surface area contributed by atoms with E-state index < -0.39 is 24.1 Å². The van der Waals surface area contributed by atoms with E-state index in [0.29, 0.717) is 6.61 Å². The monoisotopic (exact) mass is 222 g/mol. The summed E-state index contributed by atoms with van der Waals surface area (Å²) in [6.45, 7) is 1.87. The molecule has 1 fully saturated rings. The second-order valence-electron chi connectivity index (χ2n) is 3.71. The van der Waals surface area contributed by atoms with Crippen molar-refractivity contribution in [2.24, 2.45) is 0 Å². The van der Waals surface area contributed by atoms with Gasteiger partial charge < -0.3 is 29.9 Å². The molecule has 6 heteroatoms. The van der Waals surface area contributed by atoms with E-state index in [9.17, 15) is 15.3 Å². The maximum absolute atomic E-state index is 9.79. The summed E-state index contributed by atoms with van der Waals surface area (Å²) in [6.07, 6.45) is -3.41. The second kappa shape index (κ2) is 5.20. The van der Waals surface area contributed by atoms with Gasteiger partial charge in [0.1, 0.15) is 24.9 Å². The Labute approximate surface area is 88.1 Å². The third-order valence-corrected chi connectivity index (χ3v) is 2.34. The molecule has 4 N–H and O–H groups in total. The van der Waals surface area contributed by atoms with Gasteiger partial charge in [-0.3, -0.25) is 0 Å². The lowest BCUT2D eigenvalue weighted by molar-refractivity contribution is -0.335. The van der Waals surface area contributed by atoms with Gasteiger partial charge in [-0.1, -0.05) is 6.92 Å². The summed E-state index contributed by atoms with van der Waals surface area (Å²) in [5, 5.41) is 37.8. The summed E-state index contributed by atoms with van der Waals surface area (Å²) < 4.78 is 9.93. The van der Waals surface area contributed by atoms with E-state index >= 15 is 0 Å². The van der Waals surface area contributed by atoms with Gasteiger partial charge in [0.2, 0.25) is 5.79 Å². The zero-order chi connectivity index (χ0) is 11.5. The van der Waals surface area contributed by atoms with Gasteiger partial charge in [-0.25, -0.2) is 0 Å². The predicted molar refractivity (Wildman–Crippen MR) is 50.0 cm³/mol.